The summed E-state index contributed by atoms with van der Waals surface area (Å²) in [4.78, 5) is 37.0. The van der Waals surface area contributed by atoms with Gasteiger partial charge >= 0.3 is 11.9 Å². The molecular formula is C22H28N2O5. The molecule has 0 spiro atoms. The Kier molecular flexibility index (Phi) is 7.59. The minimum atomic E-state index is -0.458. The van der Waals surface area contributed by atoms with Gasteiger partial charge in [-0.15, -0.1) is 0 Å². The molecule has 29 heavy (non-hydrogen) atoms. The average Bonchev–Trinajstić information content (AvgIpc) is 2.91. The molecule has 0 bridgehead atoms. The second-order valence-electron chi connectivity index (χ2n) is 6.73. The van der Waals surface area contributed by atoms with E-state index < -0.39 is 5.97 Å². The zero-order valence-electron chi connectivity index (χ0n) is 17.6. The van der Waals surface area contributed by atoms with Gasteiger partial charge in [0.2, 0.25) is 0 Å². The van der Waals surface area contributed by atoms with Crippen LogP contribution in [0.15, 0.2) is 24.3 Å². The molecule has 0 unspecified atom stereocenters. The Bertz CT molecular complexity index is 897. The SMILES string of the molecule is CCCCOC(=O)c1ccc(NC(=O)c2c(C)c(C(=O)OCC)n(C)c2C)cc1. The van der Waals surface area contributed by atoms with Gasteiger partial charge in [-0.25, -0.2) is 9.59 Å². The highest BCUT2D eigenvalue weighted by Gasteiger charge is 2.25. The molecule has 1 N–H and O–H groups in total. The van der Waals surface area contributed by atoms with Crippen LogP contribution in [0.1, 0.15) is 69.2 Å². The molecule has 7 heteroatoms. The van der Waals surface area contributed by atoms with E-state index in [2.05, 4.69) is 5.32 Å². The van der Waals surface area contributed by atoms with Crippen LogP contribution in [-0.4, -0.2) is 35.6 Å². The Balaban J connectivity index is 2.15. The summed E-state index contributed by atoms with van der Waals surface area (Å²) in [5.41, 5.74) is 2.99. The maximum atomic E-state index is 12.8. The second kappa shape index (κ2) is 9.91. The van der Waals surface area contributed by atoms with E-state index in [0.29, 0.717) is 40.4 Å². The van der Waals surface area contributed by atoms with Crippen molar-refractivity contribution < 1.29 is 23.9 Å². The van der Waals surface area contributed by atoms with Gasteiger partial charge in [-0.05, 0) is 57.0 Å². The minimum absolute atomic E-state index is 0.261. The molecule has 0 aliphatic heterocycles. The van der Waals surface area contributed by atoms with Crippen molar-refractivity contribution in [1.29, 1.82) is 0 Å². The van der Waals surface area contributed by atoms with Crippen LogP contribution in [0.5, 0.6) is 0 Å². The summed E-state index contributed by atoms with van der Waals surface area (Å²) in [5, 5.41) is 2.81. The molecule has 0 saturated carbocycles. The van der Waals surface area contributed by atoms with Crippen molar-refractivity contribution in [3.63, 3.8) is 0 Å². The molecule has 2 aromatic rings. The number of benzene rings is 1. The Hall–Kier alpha value is -3.09. The first-order valence-corrected chi connectivity index (χ1v) is 9.73. The van der Waals surface area contributed by atoms with Gasteiger partial charge in [0, 0.05) is 18.4 Å². The van der Waals surface area contributed by atoms with Crippen LogP contribution in [0, 0.1) is 13.8 Å². The molecule has 0 saturated heterocycles. The Morgan fingerprint density at radius 1 is 1.00 bits per heavy atom. The molecule has 0 atom stereocenters. The molecule has 0 aliphatic rings. The van der Waals surface area contributed by atoms with Gasteiger partial charge < -0.3 is 19.4 Å². The summed E-state index contributed by atoms with van der Waals surface area (Å²) in [6, 6.07) is 6.51. The number of carbonyl (C=O) groups excluding carboxylic acids is 3. The van der Waals surface area contributed by atoms with E-state index in [1.165, 1.54) is 0 Å². The number of nitrogens with zero attached hydrogens (tertiary/aromatic N) is 1. The number of nitrogens with one attached hydrogen (secondary N) is 1. The molecular weight excluding hydrogens is 372 g/mol. The zero-order chi connectivity index (χ0) is 21.6. The van der Waals surface area contributed by atoms with E-state index in [4.69, 9.17) is 9.47 Å². The summed E-state index contributed by atoms with van der Waals surface area (Å²) in [6.45, 7) is 7.92. The monoisotopic (exact) mass is 400 g/mol. The summed E-state index contributed by atoms with van der Waals surface area (Å²) in [7, 11) is 1.73. The molecule has 0 aliphatic carbocycles. The molecule has 1 aromatic heterocycles. The van der Waals surface area contributed by atoms with Crippen molar-refractivity contribution in [1.82, 2.24) is 4.57 Å². The summed E-state index contributed by atoms with van der Waals surface area (Å²) >= 11 is 0. The van der Waals surface area contributed by atoms with Gasteiger partial charge in [0.25, 0.3) is 5.91 Å². The summed E-state index contributed by atoms with van der Waals surface area (Å²) in [6.07, 6.45) is 1.78. The zero-order valence-corrected chi connectivity index (χ0v) is 17.6. The van der Waals surface area contributed by atoms with E-state index in [-0.39, 0.29) is 18.5 Å². The predicted molar refractivity (Wildman–Crippen MR) is 110 cm³/mol. The van der Waals surface area contributed by atoms with Crippen molar-refractivity contribution in [2.75, 3.05) is 18.5 Å². The smallest absolute Gasteiger partial charge is 0.355 e. The first-order valence-electron chi connectivity index (χ1n) is 9.73. The molecule has 2 rings (SSSR count). The van der Waals surface area contributed by atoms with Crippen molar-refractivity contribution in [3.8, 4) is 0 Å². The third-order valence-corrected chi connectivity index (χ3v) is 4.74. The van der Waals surface area contributed by atoms with Crippen LogP contribution < -0.4 is 5.32 Å². The molecule has 0 fully saturated rings. The molecule has 1 aromatic carbocycles. The Labute approximate surface area is 171 Å². The van der Waals surface area contributed by atoms with E-state index in [1.54, 1.807) is 56.7 Å². The lowest BCUT2D eigenvalue weighted by atomic mass is 10.1. The van der Waals surface area contributed by atoms with E-state index in [9.17, 15) is 14.4 Å². The van der Waals surface area contributed by atoms with Crippen LogP contribution >= 0.6 is 0 Å². The number of ether oxygens (including phenoxy) is 2. The maximum Gasteiger partial charge on any atom is 0.355 e. The lowest BCUT2D eigenvalue weighted by Crippen LogP contribution is -2.14. The Morgan fingerprint density at radius 2 is 1.66 bits per heavy atom. The number of unbranched alkanes of at least 4 members (excludes halogenated alkanes) is 1. The largest absolute Gasteiger partial charge is 0.462 e. The van der Waals surface area contributed by atoms with Gasteiger partial charge in [-0.2, -0.15) is 0 Å². The third-order valence-electron chi connectivity index (χ3n) is 4.74. The Morgan fingerprint density at radius 3 is 2.24 bits per heavy atom. The fourth-order valence-electron chi connectivity index (χ4n) is 3.08. The van der Waals surface area contributed by atoms with Crippen molar-refractivity contribution in [2.24, 2.45) is 7.05 Å². The van der Waals surface area contributed by atoms with Gasteiger partial charge in [-0.1, -0.05) is 13.3 Å². The molecule has 7 nitrogen and oxygen atoms in total. The first kappa shape index (κ1) is 22.2. The number of hydrogen-bond acceptors (Lipinski definition) is 5. The van der Waals surface area contributed by atoms with Crippen LogP contribution in [0.25, 0.3) is 0 Å². The normalized spacial score (nSPS) is 10.5. The third kappa shape index (κ3) is 5.04. The topological polar surface area (TPSA) is 86.6 Å². The molecule has 1 heterocycles. The quantitative estimate of drug-likeness (QED) is 0.534. The van der Waals surface area contributed by atoms with Crippen LogP contribution in [-0.2, 0) is 16.5 Å². The van der Waals surface area contributed by atoms with E-state index >= 15 is 0 Å². The average molecular weight is 400 g/mol. The number of aromatic nitrogens is 1. The van der Waals surface area contributed by atoms with Gasteiger partial charge in [-0.3, -0.25) is 4.79 Å². The van der Waals surface area contributed by atoms with Crippen molar-refractivity contribution >= 4 is 23.5 Å². The fraction of sp³-hybridized carbons (Fsp3) is 0.409. The molecule has 1 amide bonds. The highest BCUT2D eigenvalue weighted by molar-refractivity contribution is 6.08. The lowest BCUT2D eigenvalue weighted by Gasteiger charge is -2.08. The number of hydrogen-bond donors (Lipinski definition) is 1. The van der Waals surface area contributed by atoms with E-state index in [0.717, 1.165) is 12.8 Å². The number of rotatable bonds is 8. The number of anilines is 1. The van der Waals surface area contributed by atoms with Gasteiger partial charge in [0.15, 0.2) is 0 Å². The summed E-state index contributed by atoms with van der Waals surface area (Å²) < 4.78 is 11.9. The van der Waals surface area contributed by atoms with Crippen LogP contribution in [0.2, 0.25) is 0 Å². The van der Waals surface area contributed by atoms with Crippen LogP contribution in [0.3, 0.4) is 0 Å². The summed E-state index contributed by atoms with van der Waals surface area (Å²) in [5.74, 6) is -1.17. The first-order chi connectivity index (χ1) is 13.8. The maximum absolute atomic E-state index is 12.8. The van der Waals surface area contributed by atoms with Gasteiger partial charge in [0.05, 0.1) is 24.3 Å². The number of carbonyl (C=O) groups is 3. The number of esters is 2. The highest BCUT2D eigenvalue weighted by Crippen LogP contribution is 2.23. The van der Waals surface area contributed by atoms with E-state index in [1.807, 2.05) is 6.92 Å². The second-order valence-corrected chi connectivity index (χ2v) is 6.73. The standard InChI is InChI=1S/C22H28N2O5/c1-6-8-13-29-21(26)16-9-11-17(12-10-16)23-20(25)18-14(3)19(22(27)28-7-2)24(5)15(18)4/h9-12H,6-8,13H2,1-5H3,(H,23,25). The van der Waals surface area contributed by atoms with Crippen molar-refractivity contribution in [3.05, 3.63) is 52.3 Å². The van der Waals surface area contributed by atoms with Crippen LogP contribution in [0.4, 0.5) is 5.69 Å². The highest BCUT2D eigenvalue weighted by atomic mass is 16.5. The van der Waals surface area contributed by atoms with Crippen molar-refractivity contribution in [2.45, 2.75) is 40.5 Å². The number of amides is 1. The minimum Gasteiger partial charge on any atom is -0.462 e. The molecule has 156 valence electrons. The molecule has 0 radical (unpaired) electrons. The predicted octanol–water partition coefficient (Wildman–Crippen LogP) is 4.03. The lowest BCUT2D eigenvalue weighted by molar-refractivity contribution is 0.0495. The van der Waals surface area contributed by atoms with Gasteiger partial charge in [0.1, 0.15) is 5.69 Å². The fourth-order valence-corrected chi connectivity index (χ4v) is 3.08.